The summed E-state index contributed by atoms with van der Waals surface area (Å²) in [5.41, 5.74) is 3.36. The number of hydrogen-bond acceptors (Lipinski definition) is 4. The van der Waals surface area contributed by atoms with Crippen molar-refractivity contribution in [2.24, 2.45) is 5.92 Å². The van der Waals surface area contributed by atoms with E-state index in [9.17, 15) is 0 Å². The molecule has 5 nitrogen and oxygen atoms in total. The number of piperidine rings is 1. The maximum absolute atomic E-state index is 5.49. The predicted octanol–water partition coefficient (Wildman–Crippen LogP) is 4.99. The SMILES string of the molecule is COc1ccc(NC(=S)N[C@H](C)c2ccc(N3CCC[C@H](C)C3)cc2)cc1OC. The lowest BCUT2D eigenvalue weighted by Crippen LogP contribution is -2.34. The average Bonchev–Trinajstić information content (AvgIpc) is 2.73. The number of thiocarbonyl (C=S) groups is 1. The van der Waals surface area contributed by atoms with E-state index >= 15 is 0 Å². The minimum Gasteiger partial charge on any atom is -0.493 e. The van der Waals surface area contributed by atoms with Crippen LogP contribution in [0.15, 0.2) is 42.5 Å². The molecular formula is C23H31N3O2S. The van der Waals surface area contributed by atoms with Crippen LogP contribution in [0.5, 0.6) is 11.5 Å². The molecule has 1 fully saturated rings. The van der Waals surface area contributed by atoms with Gasteiger partial charge in [-0.1, -0.05) is 19.1 Å². The maximum Gasteiger partial charge on any atom is 0.171 e. The van der Waals surface area contributed by atoms with Crippen LogP contribution >= 0.6 is 12.2 Å². The first-order chi connectivity index (χ1) is 14.0. The van der Waals surface area contributed by atoms with Gasteiger partial charge in [-0.25, -0.2) is 0 Å². The molecule has 1 heterocycles. The molecule has 2 aromatic rings. The summed E-state index contributed by atoms with van der Waals surface area (Å²) in [6, 6.07) is 14.5. The van der Waals surface area contributed by atoms with Crippen LogP contribution in [0.3, 0.4) is 0 Å². The molecule has 0 radical (unpaired) electrons. The molecule has 6 heteroatoms. The molecular weight excluding hydrogens is 382 g/mol. The molecule has 156 valence electrons. The molecule has 1 saturated heterocycles. The number of ether oxygens (including phenoxy) is 2. The second-order valence-electron chi connectivity index (χ2n) is 7.67. The average molecular weight is 414 g/mol. The number of anilines is 2. The van der Waals surface area contributed by atoms with Gasteiger partial charge in [-0.3, -0.25) is 0 Å². The quantitative estimate of drug-likeness (QED) is 0.651. The van der Waals surface area contributed by atoms with Gasteiger partial charge >= 0.3 is 0 Å². The van der Waals surface area contributed by atoms with Crippen LogP contribution in [0.1, 0.15) is 38.3 Å². The minimum absolute atomic E-state index is 0.101. The Hall–Kier alpha value is -2.47. The van der Waals surface area contributed by atoms with Gasteiger partial charge in [-0.05, 0) is 67.7 Å². The highest BCUT2D eigenvalue weighted by atomic mass is 32.1. The lowest BCUT2D eigenvalue weighted by atomic mass is 9.99. The lowest BCUT2D eigenvalue weighted by molar-refractivity contribution is 0.355. The van der Waals surface area contributed by atoms with Crippen LogP contribution in [0.25, 0.3) is 0 Å². The van der Waals surface area contributed by atoms with Gasteiger partial charge in [0.25, 0.3) is 0 Å². The Kier molecular flexibility index (Phi) is 7.20. The molecule has 1 aliphatic heterocycles. The highest BCUT2D eigenvalue weighted by Crippen LogP contribution is 2.30. The first-order valence-corrected chi connectivity index (χ1v) is 10.6. The van der Waals surface area contributed by atoms with Crippen LogP contribution in [0.4, 0.5) is 11.4 Å². The van der Waals surface area contributed by atoms with Gasteiger partial charge in [0.2, 0.25) is 0 Å². The third-order valence-corrected chi connectivity index (χ3v) is 5.62. The molecule has 0 bridgehead atoms. The number of nitrogens with one attached hydrogen (secondary N) is 2. The zero-order valence-corrected chi connectivity index (χ0v) is 18.5. The molecule has 0 unspecified atom stereocenters. The Morgan fingerprint density at radius 1 is 1.10 bits per heavy atom. The first-order valence-electron chi connectivity index (χ1n) is 10.1. The van der Waals surface area contributed by atoms with Crippen molar-refractivity contribution < 1.29 is 9.47 Å². The van der Waals surface area contributed by atoms with Crippen molar-refractivity contribution in [3.8, 4) is 11.5 Å². The van der Waals surface area contributed by atoms with E-state index in [4.69, 9.17) is 21.7 Å². The molecule has 2 atom stereocenters. The summed E-state index contributed by atoms with van der Waals surface area (Å²) in [5.74, 6) is 2.12. The number of rotatable bonds is 6. The number of nitrogens with zero attached hydrogens (tertiary/aromatic N) is 1. The van der Waals surface area contributed by atoms with E-state index in [1.165, 1.54) is 24.1 Å². The largest absolute Gasteiger partial charge is 0.493 e. The van der Waals surface area contributed by atoms with Crippen LogP contribution in [-0.2, 0) is 0 Å². The van der Waals surface area contributed by atoms with Crippen LogP contribution in [0.2, 0.25) is 0 Å². The predicted molar refractivity (Wildman–Crippen MR) is 124 cm³/mol. The van der Waals surface area contributed by atoms with Gasteiger partial charge in [-0.15, -0.1) is 0 Å². The summed E-state index contributed by atoms with van der Waals surface area (Å²) >= 11 is 5.49. The van der Waals surface area contributed by atoms with E-state index < -0.39 is 0 Å². The molecule has 0 saturated carbocycles. The van der Waals surface area contributed by atoms with E-state index in [2.05, 4.69) is 53.6 Å². The fourth-order valence-electron chi connectivity index (χ4n) is 3.76. The van der Waals surface area contributed by atoms with Crippen molar-refractivity contribution in [2.75, 3.05) is 37.5 Å². The summed E-state index contributed by atoms with van der Waals surface area (Å²) in [4.78, 5) is 2.49. The van der Waals surface area contributed by atoms with E-state index in [-0.39, 0.29) is 6.04 Å². The van der Waals surface area contributed by atoms with Gasteiger partial charge in [0.15, 0.2) is 16.6 Å². The molecule has 0 aromatic heterocycles. The van der Waals surface area contributed by atoms with Gasteiger partial charge in [-0.2, -0.15) is 0 Å². The fraction of sp³-hybridized carbons (Fsp3) is 0.435. The Balaban J connectivity index is 1.58. The molecule has 3 rings (SSSR count). The van der Waals surface area contributed by atoms with Gasteiger partial charge in [0, 0.05) is 30.5 Å². The number of hydrogen-bond donors (Lipinski definition) is 2. The minimum atomic E-state index is 0.101. The Morgan fingerprint density at radius 3 is 2.48 bits per heavy atom. The monoisotopic (exact) mass is 413 g/mol. The maximum atomic E-state index is 5.49. The Bertz CT molecular complexity index is 825. The second kappa shape index (κ2) is 9.83. The van der Waals surface area contributed by atoms with Gasteiger partial charge in [0.05, 0.1) is 20.3 Å². The first kappa shape index (κ1) is 21.2. The third-order valence-electron chi connectivity index (χ3n) is 5.40. The van der Waals surface area contributed by atoms with Crippen molar-refractivity contribution in [2.45, 2.75) is 32.7 Å². The highest BCUT2D eigenvalue weighted by Gasteiger charge is 2.17. The van der Waals surface area contributed by atoms with E-state index in [0.29, 0.717) is 16.6 Å². The summed E-state index contributed by atoms with van der Waals surface area (Å²) in [7, 11) is 3.24. The zero-order valence-electron chi connectivity index (χ0n) is 17.7. The van der Waals surface area contributed by atoms with Crippen molar-refractivity contribution >= 4 is 28.7 Å². The summed E-state index contributed by atoms with van der Waals surface area (Å²) in [6.07, 6.45) is 2.61. The lowest BCUT2D eigenvalue weighted by Gasteiger charge is -2.33. The topological polar surface area (TPSA) is 45.8 Å². The molecule has 0 spiro atoms. The van der Waals surface area contributed by atoms with Crippen LogP contribution < -0.4 is 25.0 Å². The molecule has 2 aromatic carbocycles. The number of methoxy groups -OCH3 is 2. The standard InChI is InChI=1S/C23H31N3O2S/c1-16-6-5-13-26(15-16)20-10-7-18(8-11-20)17(2)24-23(29)25-19-9-12-21(27-3)22(14-19)28-4/h7-12,14,16-17H,5-6,13,15H2,1-4H3,(H2,24,25,29)/t16-,17+/m0/s1. The summed E-state index contributed by atoms with van der Waals surface area (Å²) in [5, 5.41) is 7.13. The summed E-state index contributed by atoms with van der Waals surface area (Å²) < 4.78 is 10.6. The van der Waals surface area contributed by atoms with Crippen LogP contribution in [0, 0.1) is 5.92 Å². The Morgan fingerprint density at radius 2 is 1.83 bits per heavy atom. The molecule has 1 aliphatic rings. The molecule has 29 heavy (non-hydrogen) atoms. The second-order valence-corrected chi connectivity index (χ2v) is 8.08. The van der Waals surface area contributed by atoms with E-state index in [0.717, 1.165) is 24.7 Å². The van der Waals surface area contributed by atoms with Crippen molar-refractivity contribution in [1.82, 2.24) is 5.32 Å². The normalized spacial score (nSPS) is 17.4. The fourth-order valence-corrected chi connectivity index (χ4v) is 4.05. The zero-order chi connectivity index (χ0) is 20.8. The highest BCUT2D eigenvalue weighted by molar-refractivity contribution is 7.80. The summed E-state index contributed by atoms with van der Waals surface area (Å²) in [6.45, 7) is 6.74. The van der Waals surface area contributed by atoms with Gasteiger partial charge < -0.3 is 25.0 Å². The van der Waals surface area contributed by atoms with Crippen molar-refractivity contribution in [1.29, 1.82) is 0 Å². The Labute approximate surface area is 179 Å². The van der Waals surface area contributed by atoms with Crippen molar-refractivity contribution in [3.63, 3.8) is 0 Å². The number of benzene rings is 2. The molecule has 0 aliphatic carbocycles. The smallest absolute Gasteiger partial charge is 0.171 e. The molecule has 0 amide bonds. The van der Waals surface area contributed by atoms with Crippen molar-refractivity contribution in [3.05, 3.63) is 48.0 Å². The van der Waals surface area contributed by atoms with Gasteiger partial charge in [0.1, 0.15) is 0 Å². The van der Waals surface area contributed by atoms with E-state index in [1.54, 1.807) is 14.2 Å². The molecule has 2 N–H and O–H groups in total. The third kappa shape index (κ3) is 5.54. The van der Waals surface area contributed by atoms with E-state index in [1.807, 2.05) is 18.2 Å². The van der Waals surface area contributed by atoms with Crippen LogP contribution in [-0.4, -0.2) is 32.4 Å².